The monoisotopic (exact) mass is 335 g/mol. The molecule has 104 valence electrons. The lowest BCUT2D eigenvalue weighted by Gasteiger charge is -2.07. The summed E-state index contributed by atoms with van der Waals surface area (Å²) >= 11 is 3.36. The number of hydrogen-bond donors (Lipinski definition) is 1. The van der Waals surface area contributed by atoms with Crippen molar-refractivity contribution in [2.75, 3.05) is 6.54 Å². The molecule has 1 heterocycles. The molecule has 0 amide bonds. The molecular formula is C14H14BrN3O2. The Morgan fingerprint density at radius 3 is 2.65 bits per heavy atom. The van der Waals surface area contributed by atoms with Gasteiger partial charge in [0, 0.05) is 35.5 Å². The third-order valence-corrected chi connectivity index (χ3v) is 3.64. The molecule has 0 saturated carbocycles. The number of benzene rings is 1. The largest absolute Gasteiger partial charge is 0.312 e. The molecule has 0 spiro atoms. The first-order chi connectivity index (χ1) is 9.66. The Balaban J connectivity index is 1.84. The maximum absolute atomic E-state index is 10.6. The van der Waals surface area contributed by atoms with E-state index in [0.717, 1.165) is 23.0 Å². The number of hydrogen-bond acceptors (Lipinski definition) is 4. The number of aromatic nitrogens is 1. The zero-order valence-electron chi connectivity index (χ0n) is 10.8. The number of nitro benzene ring substituents is 1. The molecule has 0 aliphatic carbocycles. The van der Waals surface area contributed by atoms with E-state index in [1.54, 1.807) is 18.5 Å². The van der Waals surface area contributed by atoms with Gasteiger partial charge in [-0.05, 0) is 42.3 Å². The fraction of sp³-hybridized carbons (Fsp3) is 0.214. The highest BCUT2D eigenvalue weighted by Crippen LogP contribution is 2.22. The Hall–Kier alpha value is -1.79. The van der Waals surface area contributed by atoms with Gasteiger partial charge < -0.3 is 5.32 Å². The first-order valence-corrected chi connectivity index (χ1v) is 6.98. The molecule has 20 heavy (non-hydrogen) atoms. The summed E-state index contributed by atoms with van der Waals surface area (Å²) in [4.78, 5) is 14.2. The van der Waals surface area contributed by atoms with Gasteiger partial charge in [0.15, 0.2) is 0 Å². The minimum Gasteiger partial charge on any atom is -0.312 e. The first kappa shape index (κ1) is 14.6. The Morgan fingerprint density at radius 2 is 2.00 bits per heavy atom. The van der Waals surface area contributed by atoms with E-state index in [9.17, 15) is 10.1 Å². The van der Waals surface area contributed by atoms with E-state index in [1.807, 2.05) is 12.1 Å². The van der Waals surface area contributed by atoms with Gasteiger partial charge in [-0.1, -0.05) is 15.9 Å². The van der Waals surface area contributed by atoms with Crippen LogP contribution in [0.5, 0.6) is 0 Å². The second-order valence-corrected chi connectivity index (χ2v) is 5.17. The van der Waals surface area contributed by atoms with Crippen molar-refractivity contribution in [3.05, 3.63) is 68.4 Å². The van der Waals surface area contributed by atoms with E-state index in [0.29, 0.717) is 6.54 Å². The van der Waals surface area contributed by atoms with E-state index in [-0.39, 0.29) is 5.69 Å². The van der Waals surface area contributed by atoms with Crippen molar-refractivity contribution in [1.82, 2.24) is 10.3 Å². The molecule has 6 heteroatoms. The molecule has 5 nitrogen and oxygen atoms in total. The number of nitrogens with zero attached hydrogens (tertiary/aromatic N) is 2. The average Bonchev–Trinajstić information content (AvgIpc) is 2.46. The molecule has 0 saturated heterocycles. The van der Waals surface area contributed by atoms with Gasteiger partial charge in [0.05, 0.1) is 4.92 Å². The summed E-state index contributed by atoms with van der Waals surface area (Å²) in [5.41, 5.74) is 2.33. The Bertz CT molecular complexity index is 590. The molecular weight excluding hydrogens is 322 g/mol. The average molecular weight is 336 g/mol. The lowest BCUT2D eigenvalue weighted by Crippen LogP contribution is -2.17. The third kappa shape index (κ3) is 4.11. The maximum atomic E-state index is 10.6. The molecule has 0 bridgehead atoms. The van der Waals surface area contributed by atoms with Crippen molar-refractivity contribution < 1.29 is 4.92 Å². The molecule has 2 rings (SSSR count). The zero-order valence-corrected chi connectivity index (χ0v) is 12.3. The predicted octanol–water partition coefficient (Wildman–Crippen LogP) is 3.08. The molecule has 0 aliphatic rings. The van der Waals surface area contributed by atoms with Crippen LogP contribution in [0, 0.1) is 10.1 Å². The van der Waals surface area contributed by atoms with E-state index in [2.05, 4.69) is 26.2 Å². The quantitative estimate of drug-likeness (QED) is 0.500. The fourth-order valence-corrected chi connectivity index (χ4v) is 2.31. The van der Waals surface area contributed by atoms with Gasteiger partial charge in [0.2, 0.25) is 0 Å². The molecule has 0 fully saturated rings. The topological polar surface area (TPSA) is 68.1 Å². The van der Waals surface area contributed by atoms with Crippen LogP contribution in [0.4, 0.5) is 5.69 Å². The maximum Gasteiger partial charge on any atom is 0.270 e. The highest BCUT2D eigenvalue weighted by atomic mass is 79.9. The third-order valence-electron chi connectivity index (χ3n) is 2.90. The van der Waals surface area contributed by atoms with Crippen LogP contribution in [0.1, 0.15) is 11.1 Å². The van der Waals surface area contributed by atoms with E-state index in [1.165, 1.54) is 17.7 Å². The molecule has 0 atom stereocenters. The van der Waals surface area contributed by atoms with Crippen LogP contribution in [0.15, 0.2) is 47.2 Å². The van der Waals surface area contributed by atoms with Crippen molar-refractivity contribution in [1.29, 1.82) is 0 Å². The van der Waals surface area contributed by atoms with Gasteiger partial charge in [-0.15, -0.1) is 0 Å². The second-order valence-electron chi connectivity index (χ2n) is 4.32. The smallest absolute Gasteiger partial charge is 0.270 e. The van der Waals surface area contributed by atoms with Crippen molar-refractivity contribution in [3.8, 4) is 0 Å². The zero-order chi connectivity index (χ0) is 14.4. The predicted molar refractivity (Wildman–Crippen MR) is 80.4 cm³/mol. The van der Waals surface area contributed by atoms with Crippen molar-refractivity contribution in [3.63, 3.8) is 0 Å². The lowest BCUT2D eigenvalue weighted by atomic mass is 10.2. The minimum atomic E-state index is -0.397. The Kier molecular flexibility index (Phi) is 5.20. The van der Waals surface area contributed by atoms with Crippen LogP contribution in [0.3, 0.4) is 0 Å². The summed E-state index contributed by atoms with van der Waals surface area (Å²) in [7, 11) is 0. The fourth-order valence-electron chi connectivity index (χ4n) is 1.80. The summed E-state index contributed by atoms with van der Waals surface area (Å²) in [5.74, 6) is 0. The number of nitro groups is 1. The molecule has 1 N–H and O–H groups in total. The number of halogens is 1. The van der Waals surface area contributed by atoms with Crippen LogP contribution in [0.25, 0.3) is 0 Å². The Morgan fingerprint density at radius 1 is 1.25 bits per heavy atom. The molecule has 0 radical (unpaired) electrons. The second kappa shape index (κ2) is 7.12. The number of nitrogens with one attached hydrogen (secondary N) is 1. The van der Waals surface area contributed by atoms with Gasteiger partial charge >= 0.3 is 0 Å². The SMILES string of the molecule is O=[N+]([O-])c1ccc(CNCCc2ccncc2)c(Br)c1. The van der Waals surface area contributed by atoms with Gasteiger partial charge in [0.25, 0.3) is 5.69 Å². The summed E-state index contributed by atoms with van der Waals surface area (Å²) in [6.07, 6.45) is 4.48. The summed E-state index contributed by atoms with van der Waals surface area (Å²) in [6.45, 7) is 1.51. The molecule has 1 aromatic carbocycles. The van der Waals surface area contributed by atoms with Gasteiger partial charge in [0.1, 0.15) is 0 Å². The van der Waals surface area contributed by atoms with Crippen molar-refractivity contribution in [2.24, 2.45) is 0 Å². The minimum absolute atomic E-state index is 0.0948. The van der Waals surface area contributed by atoms with Crippen LogP contribution in [0.2, 0.25) is 0 Å². The highest BCUT2D eigenvalue weighted by molar-refractivity contribution is 9.10. The molecule has 1 aromatic heterocycles. The van der Waals surface area contributed by atoms with Crippen molar-refractivity contribution in [2.45, 2.75) is 13.0 Å². The lowest BCUT2D eigenvalue weighted by molar-refractivity contribution is -0.384. The number of pyridine rings is 1. The summed E-state index contributed by atoms with van der Waals surface area (Å²) < 4.78 is 0.753. The molecule has 2 aromatic rings. The van der Waals surface area contributed by atoms with E-state index < -0.39 is 4.92 Å². The van der Waals surface area contributed by atoms with Crippen LogP contribution in [-0.2, 0) is 13.0 Å². The molecule has 0 aliphatic heterocycles. The summed E-state index contributed by atoms with van der Waals surface area (Å²) in [6, 6.07) is 8.79. The standard InChI is InChI=1S/C14H14BrN3O2/c15-14-9-13(18(19)20)2-1-12(14)10-17-8-5-11-3-6-16-7-4-11/h1-4,6-7,9,17H,5,8,10H2. The van der Waals surface area contributed by atoms with E-state index >= 15 is 0 Å². The van der Waals surface area contributed by atoms with Gasteiger partial charge in [-0.3, -0.25) is 15.1 Å². The summed E-state index contributed by atoms with van der Waals surface area (Å²) in [5, 5.41) is 14.0. The van der Waals surface area contributed by atoms with Crippen molar-refractivity contribution >= 4 is 21.6 Å². The van der Waals surface area contributed by atoms with Gasteiger partial charge in [-0.2, -0.15) is 0 Å². The van der Waals surface area contributed by atoms with Crippen LogP contribution < -0.4 is 5.32 Å². The van der Waals surface area contributed by atoms with E-state index in [4.69, 9.17) is 0 Å². The van der Waals surface area contributed by atoms with Crippen LogP contribution in [-0.4, -0.2) is 16.5 Å². The molecule has 0 unspecified atom stereocenters. The first-order valence-electron chi connectivity index (χ1n) is 6.19. The highest BCUT2D eigenvalue weighted by Gasteiger charge is 2.08. The normalized spacial score (nSPS) is 10.4. The number of non-ortho nitro benzene ring substituents is 1. The van der Waals surface area contributed by atoms with Gasteiger partial charge in [-0.25, -0.2) is 0 Å². The Labute approximate surface area is 125 Å². The van der Waals surface area contributed by atoms with Crippen LogP contribution >= 0.6 is 15.9 Å². The number of rotatable bonds is 6.